The Bertz CT molecular complexity index is 594. The number of halogens is 1. The van der Waals surface area contributed by atoms with Gasteiger partial charge in [-0.05, 0) is 24.6 Å². The third kappa shape index (κ3) is 3.44. The fourth-order valence-electron chi connectivity index (χ4n) is 2.08. The van der Waals surface area contributed by atoms with Gasteiger partial charge in [-0.25, -0.2) is 9.37 Å². The van der Waals surface area contributed by atoms with E-state index in [0.29, 0.717) is 19.6 Å². The Kier molecular flexibility index (Phi) is 4.50. The standard InChI is InChI=1S/C15H18FN3O/c1-3-18(12(2)20)11-15-17-7-8-19(15)10-13-5-4-6-14(16)9-13/h4-9H,3,10-11H2,1-2H3. The van der Waals surface area contributed by atoms with Gasteiger partial charge in [0.15, 0.2) is 0 Å². The van der Waals surface area contributed by atoms with Gasteiger partial charge in [-0.3, -0.25) is 4.79 Å². The van der Waals surface area contributed by atoms with Crippen LogP contribution in [0.2, 0.25) is 0 Å². The average molecular weight is 275 g/mol. The summed E-state index contributed by atoms with van der Waals surface area (Å²) < 4.78 is 15.1. The van der Waals surface area contributed by atoms with Gasteiger partial charge in [0.05, 0.1) is 6.54 Å². The van der Waals surface area contributed by atoms with Crippen LogP contribution in [0.25, 0.3) is 0 Å². The van der Waals surface area contributed by atoms with Crippen LogP contribution >= 0.6 is 0 Å². The van der Waals surface area contributed by atoms with Crippen LogP contribution in [0, 0.1) is 5.82 Å². The van der Waals surface area contributed by atoms with E-state index in [1.54, 1.807) is 24.1 Å². The van der Waals surface area contributed by atoms with E-state index >= 15 is 0 Å². The molecule has 0 aliphatic carbocycles. The monoisotopic (exact) mass is 275 g/mol. The molecular weight excluding hydrogens is 257 g/mol. The summed E-state index contributed by atoms with van der Waals surface area (Å²) in [4.78, 5) is 17.4. The molecule has 106 valence electrons. The number of carbonyl (C=O) groups is 1. The normalized spacial score (nSPS) is 10.6. The molecule has 0 atom stereocenters. The van der Waals surface area contributed by atoms with Gasteiger partial charge in [-0.1, -0.05) is 12.1 Å². The molecular formula is C15H18FN3O. The van der Waals surface area contributed by atoms with Gasteiger partial charge in [0.1, 0.15) is 11.6 Å². The zero-order valence-electron chi connectivity index (χ0n) is 11.7. The van der Waals surface area contributed by atoms with Gasteiger partial charge in [0, 0.05) is 32.4 Å². The number of aromatic nitrogens is 2. The summed E-state index contributed by atoms with van der Waals surface area (Å²) in [6.07, 6.45) is 3.54. The summed E-state index contributed by atoms with van der Waals surface area (Å²) in [6, 6.07) is 6.49. The van der Waals surface area contributed by atoms with Crippen molar-refractivity contribution in [2.45, 2.75) is 26.9 Å². The molecule has 0 unspecified atom stereocenters. The van der Waals surface area contributed by atoms with E-state index in [9.17, 15) is 9.18 Å². The first-order valence-corrected chi connectivity index (χ1v) is 6.60. The van der Waals surface area contributed by atoms with Crippen molar-refractivity contribution in [3.05, 3.63) is 53.9 Å². The Morgan fingerprint density at radius 1 is 1.45 bits per heavy atom. The van der Waals surface area contributed by atoms with Crippen LogP contribution < -0.4 is 0 Å². The van der Waals surface area contributed by atoms with Gasteiger partial charge in [-0.15, -0.1) is 0 Å². The molecule has 0 spiro atoms. The van der Waals surface area contributed by atoms with Crippen molar-refractivity contribution in [3.63, 3.8) is 0 Å². The van der Waals surface area contributed by atoms with Gasteiger partial charge >= 0.3 is 0 Å². The predicted octanol–water partition coefficient (Wildman–Crippen LogP) is 2.44. The highest BCUT2D eigenvalue weighted by molar-refractivity contribution is 5.73. The van der Waals surface area contributed by atoms with E-state index in [0.717, 1.165) is 11.4 Å². The Balaban J connectivity index is 2.14. The molecule has 0 fully saturated rings. The fourth-order valence-corrected chi connectivity index (χ4v) is 2.08. The van der Waals surface area contributed by atoms with Crippen molar-refractivity contribution in [3.8, 4) is 0 Å². The highest BCUT2D eigenvalue weighted by Gasteiger charge is 2.11. The molecule has 2 rings (SSSR count). The Morgan fingerprint density at radius 2 is 2.25 bits per heavy atom. The van der Waals surface area contributed by atoms with Crippen molar-refractivity contribution < 1.29 is 9.18 Å². The molecule has 0 saturated heterocycles. The van der Waals surface area contributed by atoms with Gasteiger partial charge in [-0.2, -0.15) is 0 Å². The molecule has 1 aromatic heterocycles. The van der Waals surface area contributed by atoms with E-state index in [-0.39, 0.29) is 11.7 Å². The smallest absolute Gasteiger partial charge is 0.219 e. The average Bonchev–Trinajstić information content (AvgIpc) is 2.82. The Morgan fingerprint density at radius 3 is 2.90 bits per heavy atom. The van der Waals surface area contributed by atoms with Gasteiger partial charge < -0.3 is 9.47 Å². The molecule has 0 saturated carbocycles. The summed E-state index contributed by atoms with van der Waals surface area (Å²) in [7, 11) is 0. The first-order valence-electron chi connectivity index (χ1n) is 6.60. The number of nitrogens with zero attached hydrogens (tertiary/aromatic N) is 3. The summed E-state index contributed by atoms with van der Waals surface area (Å²) in [5, 5.41) is 0. The minimum absolute atomic E-state index is 0.0211. The highest BCUT2D eigenvalue weighted by atomic mass is 19.1. The van der Waals surface area contributed by atoms with Crippen LogP contribution in [0.5, 0.6) is 0 Å². The third-order valence-corrected chi connectivity index (χ3v) is 3.20. The van der Waals surface area contributed by atoms with Crippen molar-refractivity contribution in [2.75, 3.05) is 6.54 Å². The Hall–Kier alpha value is -2.17. The van der Waals surface area contributed by atoms with Crippen molar-refractivity contribution in [2.24, 2.45) is 0 Å². The predicted molar refractivity (Wildman–Crippen MR) is 74.5 cm³/mol. The molecule has 0 radical (unpaired) electrons. The van der Waals surface area contributed by atoms with E-state index in [4.69, 9.17) is 0 Å². The molecule has 1 amide bonds. The van der Waals surface area contributed by atoms with Crippen molar-refractivity contribution in [1.29, 1.82) is 0 Å². The molecule has 1 aromatic carbocycles. The molecule has 0 N–H and O–H groups in total. The van der Waals surface area contributed by atoms with Crippen LogP contribution in [0.15, 0.2) is 36.7 Å². The molecule has 20 heavy (non-hydrogen) atoms. The maximum Gasteiger partial charge on any atom is 0.219 e. The molecule has 0 aliphatic heterocycles. The van der Waals surface area contributed by atoms with Crippen LogP contribution in [0.3, 0.4) is 0 Å². The number of rotatable bonds is 5. The minimum atomic E-state index is -0.247. The number of hydrogen-bond acceptors (Lipinski definition) is 2. The lowest BCUT2D eigenvalue weighted by molar-refractivity contribution is -0.129. The molecule has 1 heterocycles. The SMILES string of the molecule is CCN(Cc1nccn1Cc1cccc(F)c1)C(C)=O. The Labute approximate surface area is 117 Å². The maximum absolute atomic E-state index is 13.2. The van der Waals surface area contributed by atoms with Crippen LogP contribution in [-0.4, -0.2) is 26.9 Å². The number of amides is 1. The molecule has 0 aliphatic rings. The second kappa shape index (κ2) is 6.32. The number of imidazole rings is 1. The quantitative estimate of drug-likeness (QED) is 0.840. The summed E-state index contributed by atoms with van der Waals surface area (Å²) in [6.45, 7) is 5.13. The first kappa shape index (κ1) is 14.2. The second-order valence-corrected chi connectivity index (χ2v) is 4.63. The lowest BCUT2D eigenvalue weighted by Gasteiger charge is -2.19. The summed E-state index contributed by atoms with van der Waals surface area (Å²) in [5.74, 6) is 0.571. The molecule has 0 bridgehead atoms. The van der Waals surface area contributed by atoms with Crippen molar-refractivity contribution in [1.82, 2.24) is 14.5 Å². The molecule has 2 aromatic rings. The fraction of sp³-hybridized carbons (Fsp3) is 0.333. The zero-order valence-corrected chi connectivity index (χ0v) is 11.7. The van der Waals surface area contributed by atoms with Gasteiger partial charge in [0.2, 0.25) is 5.91 Å². The van der Waals surface area contributed by atoms with Crippen molar-refractivity contribution >= 4 is 5.91 Å². The molecule has 5 heteroatoms. The van der Waals surface area contributed by atoms with Crippen LogP contribution in [-0.2, 0) is 17.9 Å². The highest BCUT2D eigenvalue weighted by Crippen LogP contribution is 2.09. The summed E-state index contributed by atoms with van der Waals surface area (Å²) >= 11 is 0. The van der Waals surface area contributed by atoms with E-state index in [2.05, 4.69) is 4.98 Å². The zero-order chi connectivity index (χ0) is 14.5. The van der Waals surface area contributed by atoms with E-state index in [1.165, 1.54) is 12.1 Å². The number of hydrogen-bond donors (Lipinski definition) is 0. The molecule has 4 nitrogen and oxygen atoms in total. The number of carbonyl (C=O) groups excluding carboxylic acids is 1. The van der Waals surface area contributed by atoms with Crippen LogP contribution in [0.1, 0.15) is 25.2 Å². The summed E-state index contributed by atoms with van der Waals surface area (Å²) in [5.41, 5.74) is 0.870. The minimum Gasteiger partial charge on any atom is -0.336 e. The maximum atomic E-state index is 13.2. The van der Waals surface area contributed by atoms with E-state index < -0.39 is 0 Å². The number of benzene rings is 1. The van der Waals surface area contributed by atoms with Crippen LogP contribution in [0.4, 0.5) is 4.39 Å². The largest absolute Gasteiger partial charge is 0.336 e. The topological polar surface area (TPSA) is 38.1 Å². The second-order valence-electron chi connectivity index (χ2n) is 4.63. The lowest BCUT2D eigenvalue weighted by atomic mass is 10.2. The first-order chi connectivity index (χ1) is 9.60. The van der Waals surface area contributed by atoms with Gasteiger partial charge in [0.25, 0.3) is 0 Å². The third-order valence-electron chi connectivity index (χ3n) is 3.20. The van der Waals surface area contributed by atoms with E-state index in [1.807, 2.05) is 23.8 Å². The lowest BCUT2D eigenvalue weighted by Crippen LogP contribution is -2.29.